The Hall–Kier alpha value is -2.82. The van der Waals surface area contributed by atoms with Crippen molar-refractivity contribution in [2.24, 2.45) is 0 Å². The molecule has 1 N–H and O–H groups in total. The second kappa shape index (κ2) is 8.25. The minimum absolute atomic E-state index is 0.0722. The monoisotopic (exact) mass is 366 g/mol. The molecule has 0 saturated carbocycles. The van der Waals surface area contributed by atoms with Gasteiger partial charge in [0.2, 0.25) is 0 Å². The second-order valence-electron chi connectivity index (χ2n) is 7.16. The Morgan fingerprint density at radius 3 is 2.33 bits per heavy atom. The molecule has 0 fully saturated rings. The molecule has 0 bridgehead atoms. The fourth-order valence-corrected chi connectivity index (χ4v) is 3.24. The number of amides is 2. The number of rotatable bonds is 5. The van der Waals surface area contributed by atoms with Crippen LogP contribution in [0.25, 0.3) is 0 Å². The zero-order valence-electron chi connectivity index (χ0n) is 16.1. The van der Waals surface area contributed by atoms with Gasteiger partial charge in [0.25, 0.3) is 11.8 Å². The Kier molecular flexibility index (Phi) is 5.79. The highest BCUT2D eigenvalue weighted by atomic mass is 16.5. The van der Waals surface area contributed by atoms with Crippen molar-refractivity contribution >= 4 is 17.5 Å². The van der Waals surface area contributed by atoms with Crippen LogP contribution in [0.3, 0.4) is 0 Å². The molecule has 1 aliphatic rings. The summed E-state index contributed by atoms with van der Waals surface area (Å²) in [5, 5.41) is 2.83. The SMILES string of the molecule is C[C@H](Oc1ccc2c(c1)CCCC2)C(=O)Nc1ccc(C(=O)N(C)C)cc1. The highest BCUT2D eigenvalue weighted by Crippen LogP contribution is 2.26. The number of nitrogens with one attached hydrogen (secondary N) is 1. The molecule has 27 heavy (non-hydrogen) atoms. The third-order valence-electron chi connectivity index (χ3n) is 4.81. The Labute approximate surface area is 160 Å². The van der Waals surface area contributed by atoms with Crippen LogP contribution in [0.15, 0.2) is 42.5 Å². The molecule has 2 amide bonds. The predicted octanol–water partition coefficient (Wildman–Crippen LogP) is 3.67. The lowest BCUT2D eigenvalue weighted by molar-refractivity contribution is -0.122. The van der Waals surface area contributed by atoms with E-state index in [4.69, 9.17) is 4.74 Å². The summed E-state index contributed by atoms with van der Waals surface area (Å²) in [6, 6.07) is 12.9. The minimum Gasteiger partial charge on any atom is -0.481 e. The van der Waals surface area contributed by atoms with E-state index < -0.39 is 6.10 Å². The predicted molar refractivity (Wildman–Crippen MR) is 106 cm³/mol. The summed E-state index contributed by atoms with van der Waals surface area (Å²) in [4.78, 5) is 25.8. The number of fused-ring (bicyclic) bond motifs is 1. The summed E-state index contributed by atoms with van der Waals surface area (Å²) < 4.78 is 5.84. The Bertz CT molecular complexity index is 828. The van der Waals surface area contributed by atoms with Gasteiger partial charge in [-0.25, -0.2) is 0 Å². The summed E-state index contributed by atoms with van der Waals surface area (Å²) in [6.45, 7) is 1.73. The molecule has 5 nitrogen and oxygen atoms in total. The summed E-state index contributed by atoms with van der Waals surface area (Å²) >= 11 is 0. The van der Waals surface area contributed by atoms with Gasteiger partial charge < -0.3 is 15.0 Å². The normalized spacial score (nSPS) is 14.0. The molecule has 1 aliphatic carbocycles. The molecule has 0 radical (unpaired) electrons. The molecule has 0 saturated heterocycles. The quantitative estimate of drug-likeness (QED) is 0.878. The van der Waals surface area contributed by atoms with E-state index in [2.05, 4.69) is 17.4 Å². The zero-order valence-corrected chi connectivity index (χ0v) is 16.1. The van der Waals surface area contributed by atoms with Crippen molar-refractivity contribution < 1.29 is 14.3 Å². The molecular weight excluding hydrogens is 340 g/mol. The maximum absolute atomic E-state index is 12.4. The van der Waals surface area contributed by atoms with E-state index in [-0.39, 0.29) is 11.8 Å². The number of aryl methyl sites for hydroxylation is 2. The van der Waals surface area contributed by atoms with Crippen LogP contribution in [0.4, 0.5) is 5.69 Å². The van der Waals surface area contributed by atoms with Crippen LogP contribution >= 0.6 is 0 Å². The van der Waals surface area contributed by atoms with Gasteiger partial charge in [0.05, 0.1) is 0 Å². The fraction of sp³-hybridized carbons (Fsp3) is 0.364. The Balaban J connectivity index is 1.60. The van der Waals surface area contributed by atoms with Crippen LogP contribution in [-0.2, 0) is 17.6 Å². The van der Waals surface area contributed by atoms with E-state index in [0.717, 1.165) is 18.6 Å². The Morgan fingerprint density at radius 1 is 1.00 bits per heavy atom. The van der Waals surface area contributed by atoms with Crippen molar-refractivity contribution in [3.05, 3.63) is 59.2 Å². The number of ether oxygens (including phenoxy) is 1. The average Bonchev–Trinajstić information content (AvgIpc) is 2.67. The molecule has 0 spiro atoms. The van der Waals surface area contributed by atoms with Gasteiger partial charge in [-0.3, -0.25) is 9.59 Å². The van der Waals surface area contributed by atoms with E-state index in [1.54, 1.807) is 45.3 Å². The second-order valence-corrected chi connectivity index (χ2v) is 7.16. The third-order valence-corrected chi connectivity index (χ3v) is 4.81. The fourth-order valence-electron chi connectivity index (χ4n) is 3.24. The van der Waals surface area contributed by atoms with Gasteiger partial charge in [-0.15, -0.1) is 0 Å². The summed E-state index contributed by atoms with van der Waals surface area (Å²) in [5.74, 6) is 0.432. The number of hydrogen-bond acceptors (Lipinski definition) is 3. The minimum atomic E-state index is -0.616. The van der Waals surface area contributed by atoms with Crippen LogP contribution in [0, 0.1) is 0 Å². The highest BCUT2D eigenvalue weighted by Gasteiger charge is 2.17. The number of benzene rings is 2. The first-order valence-electron chi connectivity index (χ1n) is 9.35. The molecule has 3 rings (SSSR count). The maximum Gasteiger partial charge on any atom is 0.265 e. The smallest absolute Gasteiger partial charge is 0.265 e. The van der Waals surface area contributed by atoms with Gasteiger partial charge in [-0.05, 0) is 80.1 Å². The number of carbonyl (C=O) groups excluding carboxylic acids is 2. The van der Waals surface area contributed by atoms with E-state index in [1.807, 2.05) is 6.07 Å². The van der Waals surface area contributed by atoms with E-state index in [9.17, 15) is 9.59 Å². The van der Waals surface area contributed by atoms with E-state index in [1.165, 1.54) is 28.9 Å². The molecule has 0 aliphatic heterocycles. The van der Waals surface area contributed by atoms with Gasteiger partial charge in [0.1, 0.15) is 5.75 Å². The standard InChI is InChI=1S/C22H26N2O3/c1-15(27-20-13-10-16-6-4-5-7-18(16)14-20)21(25)23-19-11-8-17(9-12-19)22(26)24(2)3/h8-15H,4-7H2,1-3H3,(H,23,25)/t15-/m0/s1. The largest absolute Gasteiger partial charge is 0.481 e. The van der Waals surface area contributed by atoms with Gasteiger partial charge in [0.15, 0.2) is 6.10 Å². The molecule has 2 aromatic rings. The number of nitrogens with zero attached hydrogens (tertiary/aromatic N) is 1. The number of carbonyl (C=O) groups is 2. The lowest BCUT2D eigenvalue weighted by Gasteiger charge is -2.19. The molecular formula is C22H26N2O3. The van der Waals surface area contributed by atoms with E-state index >= 15 is 0 Å². The molecule has 5 heteroatoms. The zero-order chi connectivity index (χ0) is 19.4. The highest BCUT2D eigenvalue weighted by molar-refractivity contribution is 5.96. The van der Waals surface area contributed by atoms with Crippen molar-refractivity contribution in [1.29, 1.82) is 0 Å². The van der Waals surface area contributed by atoms with Crippen LogP contribution in [0.5, 0.6) is 5.75 Å². The van der Waals surface area contributed by atoms with Crippen molar-refractivity contribution in [2.45, 2.75) is 38.7 Å². The molecule has 0 unspecified atom stereocenters. The molecule has 1 atom stereocenters. The lowest BCUT2D eigenvalue weighted by Crippen LogP contribution is -2.30. The van der Waals surface area contributed by atoms with Crippen molar-refractivity contribution in [1.82, 2.24) is 4.90 Å². The maximum atomic E-state index is 12.4. The topological polar surface area (TPSA) is 58.6 Å². The van der Waals surface area contributed by atoms with Gasteiger partial charge in [-0.1, -0.05) is 6.07 Å². The van der Waals surface area contributed by atoms with E-state index in [0.29, 0.717) is 11.3 Å². The van der Waals surface area contributed by atoms with Crippen LogP contribution < -0.4 is 10.1 Å². The summed E-state index contributed by atoms with van der Waals surface area (Å²) in [5.41, 5.74) is 3.93. The van der Waals surface area contributed by atoms with Gasteiger partial charge in [0, 0.05) is 25.3 Å². The number of hydrogen-bond donors (Lipinski definition) is 1. The number of anilines is 1. The molecule has 0 heterocycles. The third kappa shape index (κ3) is 4.67. The molecule has 142 valence electrons. The summed E-state index contributed by atoms with van der Waals surface area (Å²) in [7, 11) is 3.41. The first kappa shape index (κ1) is 19.0. The lowest BCUT2D eigenvalue weighted by atomic mass is 9.92. The first-order chi connectivity index (χ1) is 12.9. The Morgan fingerprint density at radius 2 is 1.67 bits per heavy atom. The van der Waals surface area contributed by atoms with Gasteiger partial charge in [-0.2, -0.15) is 0 Å². The van der Waals surface area contributed by atoms with Crippen molar-refractivity contribution in [2.75, 3.05) is 19.4 Å². The van der Waals surface area contributed by atoms with Gasteiger partial charge >= 0.3 is 0 Å². The van der Waals surface area contributed by atoms with Crippen LogP contribution in [-0.4, -0.2) is 36.9 Å². The van der Waals surface area contributed by atoms with Crippen LogP contribution in [0.2, 0.25) is 0 Å². The molecule has 0 aromatic heterocycles. The molecule has 2 aromatic carbocycles. The van der Waals surface area contributed by atoms with Crippen molar-refractivity contribution in [3.63, 3.8) is 0 Å². The average molecular weight is 366 g/mol. The van der Waals surface area contributed by atoms with Crippen LogP contribution in [0.1, 0.15) is 41.3 Å². The van der Waals surface area contributed by atoms with Crippen molar-refractivity contribution in [3.8, 4) is 5.75 Å². The summed E-state index contributed by atoms with van der Waals surface area (Å²) in [6.07, 6.45) is 4.03. The first-order valence-corrected chi connectivity index (χ1v) is 9.35.